The van der Waals surface area contributed by atoms with Crippen molar-refractivity contribution in [3.8, 4) is 10.7 Å². The molecule has 1 N–H and O–H groups in total. The van der Waals surface area contributed by atoms with Gasteiger partial charge in [0.05, 0.1) is 15.6 Å². The van der Waals surface area contributed by atoms with Gasteiger partial charge in [0.1, 0.15) is 0 Å². The molecule has 6 heteroatoms. The SMILES string of the molecule is CCc1nc(C)c(-c2n[nH]c(=S)n2C(C)CC)s1. The van der Waals surface area contributed by atoms with E-state index < -0.39 is 0 Å². The lowest BCUT2D eigenvalue weighted by molar-refractivity contribution is 0.529. The molecule has 1 unspecified atom stereocenters. The molecule has 0 aliphatic heterocycles. The molecule has 2 aromatic heterocycles. The fourth-order valence-corrected chi connectivity index (χ4v) is 3.17. The van der Waals surface area contributed by atoms with E-state index in [9.17, 15) is 0 Å². The molecule has 2 aromatic rings. The summed E-state index contributed by atoms with van der Waals surface area (Å²) in [5.74, 6) is 0.920. The van der Waals surface area contributed by atoms with Gasteiger partial charge in [-0.15, -0.1) is 11.3 Å². The minimum atomic E-state index is 0.345. The fourth-order valence-electron chi connectivity index (χ4n) is 1.87. The topological polar surface area (TPSA) is 46.5 Å². The maximum atomic E-state index is 5.32. The van der Waals surface area contributed by atoms with E-state index in [4.69, 9.17) is 12.2 Å². The molecule has 0 saturated carbocycles. The van der Waals surface area contributed by atoms with E-state index in [1.165, 1.54) is 0 Å². The number of nitrogens with one attached hydrogen (secondary N) is 1. The monoisotopic (exact) mass is 282 g/mol. The number of rotatable bonds is 4. The number of aryl methyl sites for hydroxylation is 2. The Morgan fingerprint density at radius 3 is 2.72 bits per heavy atom. The van der Waals surface area contributed by atoms with Crippen molar-refractivity contribution < 1.29 is 0 Å². The lowest BCUT2D eigenvalue weighted by Crippen LogP contribution is -2.06. The van der Waals surface area contributed by atoms with Gasteiger partial charge in [0.25, 0.3) is 0 Å². The van der Waals surface area contributed by atoms with Gasteiger partial charge in [-0.05, 0) is 38.9 Å². The number of nitrogens with zero attached hydrogens (tertiary/aromatic N) is 3. The van der Waals surface area contributed by atoms with E-state index in [1.807, 2.05) is 6.92 Å². The molecule has 4 nitrogen and oxygen atoms in total. The summed E-state index contributed by atoms with van der Waals surface area (Å²) in [7, 11) is 0. The van der Waals surface area contributed by atoms with Gasteiger partial charge in [-0.3, -0.25) is 9.67 Å². The average Bonchev–Trinajstić information content (AvgIpc) is 2.91. The maximum Gasteiger partial charge on any atom is 0.195 e. The average molecular weight is 282 g/mol. The number of hydrogen-bond donors (Lipinski definition) is 1. The van der Waals surface area contributed by atoms with Crippen molar-refractivity contribution in [3.63, 3.8) is 0 Å². The Morgan fingerprint density at radius 1 is 1.44 bits per heavy atom. The highest BCUT2D eigenvalue weighted by molar-refractivity contribution is 7.71. The summed E-state index contributed by atoms with van der Waals surface area (Å²) in [4.78, 5) is 5.68. The first-order chi connectivity index (χ1) is 8.58. The Labute approximate surface area is 116 Å². The molecule has 0 aromatic carbocycles. The highest BCUT2D eigenvalue weighted by atomic mass is 32.1. The molecule has 0 radical (unpaired) electrons. The van der Waals surface area contributed by atoms with Gasteiger partial charge in [0.2, 0.25) is 0 Å². The highest BCUT2D eigenvalue weighted by Crippen LogP contribution is 2.31. The van der Waals surface area contributed by atoms with Crippen molar-refractivity contribution in [2.75, 3.05) is 0 Å². The van der Waals surface area contributed by atoms with Gasteiger partial charge in [-0.1, -0.05) is 13.8 Å². The third kappa shape index (κ3) is 2.27. The zero-order chi connectivity index (χ0) is 13.3. The number of H-pyrrole nitrogens is 1. The zero-order valence-corrected chi connectivity index (χ0v) is 12.8. The van der Waals surface area contributed by atoms with E-state index in [2.05, 4.69) is 40.5 Å². The van der Waals surface area contributed by atoms with Crippen molar-refractivity contribution in [1.29, 1.82) is 0 Å². The highest BCUT2D eigenvalue weighted by Gasteiger charge is 2.18. The Kier molecular flexibility index (Phi) is 3.97. The Morgan fingerprint density at radius 2 is 2.17 bits per heavy atom. The third-order valence-electron chi connectivity index (χ3n) is 3.08. The number of aromatic amines is 1. The number of thiazole rings is 1. The van der Waals surface area contributed by atoms with E-state index in [-0.39, 0.29) is 0 Å². The number of hydrogen-bond acceptors (Lipinski definition) is 4. The van der Waals surface area contributed by atoms with Crippen LogP contribution < -0.4 is 0 Å². The van der Waals surface area contributed by atoms with Gasteiger partial charge in [-0.2, -0.15) is 5.10 Å². The quantitative estimate of drug-likeness (QED) is 0.865. The van der Waals surface area contributed by atoms with Crippen molar-refractivity contribution in [1.82, 2.24) is 19.7 Å². The summed E-state index contributed by atoms with van der Waals surface area (Å²) >= 11 is 7.03. The predicted octanol–water partition coefficient (Wildman–Crippen LogP) is 3.91. The van der Waals surface area contributed by atoms with Crippen LogP contribution in [0.2, 0.25) is 0 Å². The molecule has 98 valence electrons. The van der Waals surface area contributed by atoms with Crippen LogP contribution in [0, 0.1) is 11.7 Å². The molecule has 2 rings (SSSR count). The second-order valence-corrected chi connectivity index (χ2v) is 5.83. The van der Waals surface area contributed by atoms with Gasteiger partial charge in [0.15, 0.2) is 10.6 Å². The molecule has 18 heavy (non-hydrogen) atoms. The van der Waals surface area contributed by atoms with Crippen LogP contribution >= 0.6 is 23.6 Å². The first-order valence-corrected chi connectivity index (χ1v) is 7.44. The summed E-state index contributed by atoms with van der Waals surface area (Å²) in [5.41, 5.74) is 1.04. The molecule has 0 bridgehead atoms. The molecule has 0 amide bonds. The zero-order valence-electron chi connectivity index (χ0n) is 11.1. The van der Waals surface area contributed by atoms with Crippen LogP contribution in [0.3, 0.4) is 0 Å². The van der Waals surface area contributed by atoms with Gasteiger partial charge in [-0.25, -0.2) is 4.98 Å². The smallest absolute Gasteiger partial charge is 0.195 e. The molecule has 0 saturated heterocycles. The van der Waals surface area contributed by atoms with Gasteiger partial charge < -0.3 is 0 Å². The van der Waals surface area contributed by atoms with Crippen molar-refractivity contribution in [2.45, 2.75) is 46.6 Å². The normalized spacial score (nSPS) is 12.9. The molecule has 1 atom stereocenters. The summed E-state index contributed by atoms with van der Waals surface area (Å²) in [6.07, 6.45) is 1.99. The molecular formula is C12H18N4S2. The largest absolute Gasteiger partial charge is 0.297 e. The van der Waals surface area contributed by atoms with Gasteiger partial charge >= 0.3 is 0 Å². The standard InChI is InChI=1S/C12H18N4S2/c1-5-7(3)16-11(14-15-12(16)17)10-8(4)13-9(6-2)18-10/h7H,5-6H2,1-4H3,(H,15,17). The maximum absolute atomic E-state index is 5.32. The number of aromatic nitrogens is 4. The second-order valence-electron chi connectivity index (χ2n) is 4.36. The van der Waals surface area contributed by atoms with Crippen molar-refractivity contribution in [3.05, 3.63) is 15.5 Å². The summed E-state index contributed by atoms with van der Waals surface area (Å²) in [6.45, 7) is 8.46. The minimum Gasteiger partial charge on any atom is -0.297 e. The third-order valence-corrected chi connectivity index (χ3v) is 4.67. The van der Waals surface area contributed by atoms with Crippen LogP contribution in [-0.4, -0.2) is 19.7 Å². The molecule has 0 aliphatic carbocycles. The van der Waals surface area contributed by atoms with Gasteiger partial charge in [0, 0.05) is 6.04 Å². The predicted molar refractivity (Wildman–Crippen MR) is 77.6 cm³/mol. The molecule has 0 aliphatic rings. The summed E-state index contributed by atoms with van der Waals surface area (Å²) < 4.78 is 2.78. The second kappa shape index (κ2) is 5.32. The Balaban J connectivity index is 2.57. The Bertz CT molecular complexity index is 593. The van der Waals surface area contributed by atoms with E-state index in [1.54, 1.807) is 11.3 Å². The lowest BCUT2D eigenvalue weighted by Gasteiger charge is -2.12. The van der Waals surface area contributed by atoms with Crippen LogP contribution in [0.25, 0.3) is 10.7 Å². The van der Waals surface area contributed by atoms with Crippen LogP contribution in [-0.2, 0) is 6.42 Å². The van der Waals surface area contributed by atoms with E-state index in [0.29, 0.717) is 10.8 Å². The van der Waals surface area contributed by atoms with Crippen LogP contribution in [0.1, 0.15) is 43.9 Å². The summed E-state index contributed by atoms with van der Waals surface area (Å²) in [6, 6.07) is 0.345. The molecule has 2 heterocycles. The van der Waals surface area contributed by atoms with Crippen LogP contribution in [0.4, 0.5) is 0 Å². The lowest BCUT2D eigenvalue weighted by atomic mass is 10.2. The summed E-state index contributed by atoms with van der Waals surface area (Å²) in [5, 5.41) is 8.43. The first kappa shape index (κ1) is 13.4. The minimum absolute atomic E-state index is 0.345. The molecular weight excluding hydrogens is 264 g/mol. The molecule has 0 fully saturated rings. The van der Waals surface area contributed by atoms with Crippen LogP contribution in [0.15, 0.2) is 0 Å². The van der Waals surface area contributed by atoms with E-state index in [0.717, 1.165) is 34.2 Å². The van der Waals surface area contributed by atoms with Crippen molar-refractivity contribution >= 4 is 23.6 Å². The molecule has 0 spiro atoms. The first-order valence-electron chi connectivity index (χ1n) is 6.22. The Hall–Kier alpha value is -1.01. The van der Waals surface area contributed by atoms with E-state index >= 15 is 0 Å². The van der Waals surface area contributed by atoms with Crippen LogP contribution in [0.5, 0.6) is 0 Å². The van der Waals surface area contributed by atoms with Crippen molar-refractivity contribution in [2.24, 2.45) is 0 Å². The fraction of sp³-hybridized carbons (Fsp3) is 0.583.